The molecule has 21 heavy (non-hydrogen) atoms. The molecule has 0 aromatic heterocycles. The summed E-state index contributed by atoms with van der Waals surface area (Å²) in [4.78, 5) is 0. The fraction of sp³-hybridized carbons (Fsp3) is 0.368. The van der Waals surface area contributed by atoms with E-state index in [4.69, 9.17) is 0 Å². The van der Waals surface area contributed by atoms with Crippen LogP contribution in [0.1, 0.15) is 48.4 Å². The summed E-state index contributed by atoms with van der Waals surface area (Å²) in [7, 11) is 0. The van der Waals surface area contributed by atoms with Crippen molar-refractivity contribution in [2.45, 2.75) is 40.0 Å². The fourth-order valence-electron chi connectivity index (χ4n) is 2.87. The molecule has 1 N–H and O–H groups in total. The Bertz CT molecular complexity index is 614. The van der Waals surface area contributed by atoms with E-state index in [2.05, 4.69) is 13.8 Å². The van der Waals surface area contributed by atoms with Crippen LogP contribution in [0.25, 0.3) is 0 Å². The van der Waals surface area contributed by atoms with Gasteiger partial charge in [-0.25, -0.2) is 4.39 Å². The highest BCUT2D eigenvalue weighted by Crippen LogP contribution is 2.38. The molecule has 0 heterocycles. The third-order valence-corrected chi connectivity index (χ3v) is 3.83. The zero-order valence-electron chi connectivity index (χ0n) is 13.2. The molecule has 0 spiro atoms. The summed E-state index contributed by atoms with van der Waals surface area (Å²) in [5, 5.41) is 10.4. The lowest BCUT2D eigenvalue weighted by Gasteiger charge is -2.22. The van der Waals surface area contributed by atoms with Crippen molar-refractivity contribution in [3.8, 4) is 5.75 Å². The molecule has 0 unspecified atom stereocenters. The second-order valence-electron chi connectivity index (χ2n) is 6.25. The van der Waals surface area contributed by atoms with Crippen LogP contribution in [0.3, 0.4) is 0 Å². The van der Waals surface area contributed by atoms with Gasteiger partial charge in [0.2, 0.25) is 0 Å². The van der Waals surface area contributed by atoms with Gasteiger partial charge in [-0.05, 0) is 49.4 Å². The lowest BCUT2D eigenvalue weighted by Crippen LogP contribution is -2.06. The minimum Gasteiger partial charge on any atom is -0.507 e. The lowest BCUT2D eigenvalue weighted by molar-refractivity contribution is 0.450. The number of phenolic OH excluding ortho intramolecular Hbond substituents is 1. The third-order valence-electron chi connectivity index (χ3n) is 3.83. The van der Waals surface area contributed by atoms with Crippen LogP contribution >= 0.6 is 0 Å². The Balaban J connectivity index is 2.52. The second kappa shape index (κ2) is 6.30. The van der Waals surface area contributed by atoms with E-state index >= 15 is 0 Å². The molecule has 0 fully saturated rings. The molecular formula is C19H23FO. The molecule has 0 saturated heterocycles. The van der Waals surface area contributed by atoms with Gasteiger partial charge in [0.1, 0.15) is 11.6 Å². The zero-order chi connectivity index (χ0) is 15.6. The summed E-state index contributed by atoms with van der Waals surface area (Å²) < 4.78 is 13.2. The summed E-state index contributed by atoms with van der Waals surface area (Å²) in [6.07, 6.45) is 0.919. The van der Waals surface area contributed by atoms with E-state index in [1.807, 2.05) is 38.1 Å². The Hall–Kier alpha value is -1.83. The second-order valence-corrected chi connectivity index (χ2v) is 6.25. The standard InChI is InChI=1S/C19H23FO/c1-12(2)9-17(15-5-7-16(20)8-6-15)18-11-13(3)10-14(4)19(18)21/h5-8,10-12,17,21H,9H2,1-4H3/t17-/m0/s1. The number of phenols is 1. The van der Waals surface area contributed by atoms with Crippen LogP contribution in [0.2, 0.25) is 0 Å². The Morgan fingerprint density at radius 3 is 2.24 bits per heavy atom. The van der Waals surface area contributed by atoms with Gasteiger partial charge in [0.05, 0.1) is 0 Å². The van der Waals surface area contributed by atoms with Crippen LogP contribution in [-0.2, 0) is 0 Å². The van der Waals surface area contributed by atoms with E-state index in [-0.39, 0.29) is 11.7 Å². The van der Waals surface area contributed by atoms with Gasteiger partial charge in [-0.1, -0.05) is 43.7 Å². The first kappa shape index (κ1) is 15.6. The van der Waals surface area contributed by atoms with Crippen LogP contribution in [-0.4, -0.2) is 5.11 Å². The van der Waals surface area contributed by atoms with E-state index in [9.17, 15) is 9.50 Å². The monoisotopic (exact) mass is 286 g/mol. The molecule has 1 nitrogen and oxygen atoms in total. The van der Waals surface area contributed by atoms with Crippen LogP contribution in [0.5, 0.6) is 5.75 Å². The summed E-state index contributed by atoms with van der Waals surface area (Å²) in [6, 6.07) is 10.6. The smallest absolute Gasteiger partial charge is 0.123 e. The Morgan fingerprint density at radius 1 is 1.05 bits per heavy atom. The van der Waals surface area contributed by atoms with Crippen LogP contribution in [0, 0.1) is 25.6 Å². The SMILES string of the molecule is Cc1cc(C)c(O)c([C@@H](CC(C)C)c2ccc(F)cc2)c1. The highest BCUT2D eigenvalue weighted by Gasteiger charge is 2.20. The molecular weight excluding hydrogens is 263 g/mol. The molecule has 2 rings (SSSR count). The quantitative estimate of drug-likeness (QED) is 0.805. The Morgan fingerprint density at radius 2 is 1.67 bits per heavy atom. The molecule has 0 bridgehead atoms. The van der Waals surface area contributed by atoms with Gasteiger partial charge in [-0.2, -0.15) is 0 Å². The molecule has 0 amide bonds. The molecule has 112 valence electrons. The summed E-state index contributed by atoms with van der Waals surface area (Å²) in [5.41, 5.74) is 4.01. The van der Waals surface area contributed by atoms with Gasteiger partial charge in [0.25, 0.3) is 0 Å². The Kier molecular flexibility index (Phi) is 4.66. The molecule has 1 atom stereocenters. The molecule has 0 aliphatic heterocycles. The number of benzene rings is 2. The van der Waals surface area contributed by atoms with Crippen molar-refractivity contribution in [1.29, 1.82) is 0 Å². The van der Waals surface area contributed by atoms with Crippen molar-refractivity contribution < 1.29 is 9.50 Å². The maximum Gasteiger partial charge on any atom is 0.123 e. The number of aromatic hydroxyl groups is 1. The summed E-state index contributed by atoms with van der Waals surface area (Å²) >= 11 is 0. The third kappa shape index (κ3) is 3.63. The highest BCUT2D eigenvalue weighted by atomic mass is 19.1. The predicted molar refractivity (Wildman–Crippen MR) is 85.3 cm³/mol. The van der Waals surface area contributed by atoms with E-state index in [1.54, 1.807) is 0 Å². The normalized spacial score (nSPS) is 12.7. The van der Waals surface area contributed by atoms with Crippen LogP contribution in [0.15, 0.2) is 36.4 Å². The topological polar surface area (TPSA) is 20.2 Å². The van der Waals surface area contributed by atoms with Crippen molar-refractivity contribution in [1.82, 2.24) is 0 Å². The fourth-order valence-corrected chi connectivity index (χ4v) is 2.87. The van der Waals surface area contributed by atoms with Crippen molar-refractivity contribution in [3.63, 3.8) is 0 Å². The van der Waals surface area contributed by atoms with Crippen molar-refractivity contribution in [3.05, 3.63) is 64.5 Å². The summed E-state index contributed by atoms with van der Waals surface area (Å²) in [6.45, 7) is 8.28. The minimum atomic E-state index is -0.230. The first-order valence-electron chi connectivity index (χ1n) is 7.44. The first-order valence-corrected chi connectivity index (χ1v) is 7.44. The largest absolute Gasteiger partial charge is 0.507 e. The lowest BCUT2D eigenvalue weighted by atomic mass is 9.83. The number of hydrogen-bond acceptors (Lipinski definition) is 1. The molecule has 0 radical (unpaired) electrons. The van der Waals surface area contributed by atoms with Gasteiger partial charge < -0.3 is 5.11 Å². The van der Waals surface area contributed by atoms with Crippen molar-refractivity contribution in [2.75, 3.05) is 0 Å². The molecule has 2 aromatic carbocycles. The molecule has 0 aliphatic carbocycles. The van der Waals surface area contributed by atoms with E-state index in [0.29, 0.717) is 11.7 Å². The average Bonchev–Trinajstić information content (AvgIpc) is 2.41. The zero-order valence-corrected chi connectivity index (χ0v) is 13.2. The maximum absolute atomic E-state index is 13.2. The summed E-state index contributed by atoms with van der Waals surface area (Å²) in [5.74, 6) is 0.701. The van der Waals surface area contributed by atoms with Gasteiger partial charge >= 0.3 is 0 Å². The van der Waals surface area contributed by atoms with Gasteiger partial charge in [0.15, 0.2) is 0 Å². The first-order chi connectivity index (χ1) is 9.88. The van der Waals surface area contributed by atoms with Crippen LogP contribution < -0.4 is 0 Å². The number of aryl methyl sites for hydroxylation is 2. The maximum atomic E-state index is 13.2. The molecule has 0 saturated carbocycles. The number of hydrogen-bond donors (Lipinski definition) is 1. The average molecular weight is 286 g/mol. The highest BCUT2D eigenvalue weighted by molar-refractivity contribution is 5.48. The van der Waals surface area contributed by atoms with Gasteiger partial charge in [0, 0.05) is 11.5 Å². The van der Waals surface area contributed by atoms with E-state index < -0.39 is 0 Å². The van der Waals surface area contributed by atoms with Crippen molar-refractivity contribution in [2.24, 2.45) is 5.92 Å². The van der Waals surface area contributed by atoms with Gasteiger partial charge in [-0.15, -0.1) is 0 Å². The Labute approximate surface area is 126 Å². The molecule has 0 aliphatic rings. The molecule has 2 aromatic rings. The minimum absolute atomic E-state index is 0.0872. The van der Waals surface area contributed by atoms with Gasteiger partial charge in [-0.3, -0.25) is 0 Å². The number of halogens is 1. The van der Waals surface area contributed by atoms with E-state index in [0.717, 1.165) is 28.7 Å². The van der Waals surface area contributed by atoms with E-state index in [1.165, 1.54) is 12.1 Å². The number of rotatable bonds is 4. The molecule has 2 heteroatoms. The van der Waals surface area contributed by atoms with Crippen molar-refractivity contribution >= 4 is 0 Å². The van der Waals surface area contributed by atoms with Crippen LogP contribution in [0.4, 0.5) is 4.39 Å². The predicted octanol–water partition coefficient (Wildman–Crippen LogP) is 5.33.